The van der Waals surface area contributed by atoms with Gasteiger partial charge in [-0.25, -0.2) is 0 Å². The minimum Gasteiger partial charge on any atom is -0.493 e. The van der Waals surface area contributed by atoms with Gasteiger partial charge in [0.1, 0.15) is 0 Å². The number of aryl methyl sites for hydroxylation is 1. The van der Waals surface area contributed by atoms with E-state index in [0.29, 0.717) is 23.6 Å². The minimum absolute atomic E-state index is 0.0657. The maximum atomic E-state index is 12.5. The van der Waals surface area contributed by atoms with Gasteiger partial charge in [0.2, 0.25) is 0 Å². The van der Waals surface area contributed by atoms with Crippen molar-refractivity contribution in [3.05, 3.63) is 23.3 Å². The first-order valence-corrected chi connectivity index (χ1v) is 6.43. The molecule has 0 aliphatic heterocycles. The van der Waals surface area contributed by atoms with Gasteiger partial charge in [-0.05, 0) is 30.5 Å². The Kier molecular flexibility index (Phi) is 5.36. The number of ketones is 1. The van der Waals surface area contributed by atoms with E-state index in [1.807, 2.05) is 26.8 Å². The molecule has 0 fully saturated rings. The molecule has 1 aromatic rings. The summed E-state index contributed by atoms with van der Waals surface area (Å²) in [5, 5.41) is 0. The molecule has 0 spiro atoms. The molecule has 0 amide bonds. The van der Waals surface area contributed by atoms with Gasteiger partial charge in [-0.15, -0.1) is 0 Å². The molecule has 0 saturated heterocycles. The van der Waals surface area contributed by atoms with E-state index in [-0.39, 0.29) is 17.6 Å². The fraction of sp³-hybridized carbons (Fsp3) is 0.533. The molecule has 2 N–H and O–H groups in total. The predicted molar refractivity (Wildman–Crippen MR) is 76.0 cm³/mol. The van der Waals surface area contributed by atoms with Crippen molar-refractivity contribution in [2.45, 2.75) is 20.8 Å². The van der Waals surface area contributed by atoms with E-state index in [1.165, 1.54) is 0 Å². The third-order valence-electron chi connectivity index (χ3n) is 3.39. The number of nitrogens with two attached hydrogens (primary N) is 1. The first kappa shape index (κ1) is 15.5. The molecule has 4 heteroatoms. The number of benzene rings is 1. The largest absolute Gasteiger partial charge is 0.493 e. The molecule has 0 radical (unpaired) electrons. The summed E-state index contributed by atoms with van der Waals surface area (Å²) < 4.78 is 10.5. The van der Waals surface area contributed by atoms with Crippen LogP contribution in [0, 0.1) is 18.8 Å². The summed E-state index contributed by atoms with van der Waals surface area (Å²) in [4.78, 5) is 12.5. The summed E-state index contributed by atoms with van der Waals surface area (Å²) in [7, 11) is 3.14. The lowest BCUT2D eigenvalue weighted by Gasteiger charge is -2.19. The molecule has 0 saturated carbocycles. The average Bonchev–Trinajstić information content (AvgIpc) is 2.38. The van der Waals surface area contributed by atoms with Gasteiger partial charge in [0.15, 0.2) is 17.3 Å². The standard InChI is InChI=1S/C15H23NO3/c1-9(2)12(8-16)15(17)11-7-14(19-5)13(18-4)6-10(11)3/h6-7,9,12H,8,16H2,1-5H3. The van der Waals surface area contributed by atoms with Gasteiger partial charge >= 0.3 is 0 Å². The molecule has 1 atom stereocenters. The monoisotopic (exact) mass is 265 g/mol. The second kappa shape index (κ2) is 6.57. The molecular formula is C15H23NO3. The van der Waals surface area contributed by atoms with E-state index >= 15 is 0 Å². The van der Waals surface area contributed by atoms with Crippen LogP contribution in [0.3, 0.4) is 0 Å². The predicted octanol–water partition coefficient (Wildman–Crippen LogP) is 2.43. The smallest absolute Gasteiger partial charge is 0.167 e. The SMILES string of the molecule is COc1cc(C)c(C(=O)C(CN)C(C)C)cc1OC. The topological polar surface area (TPSA) is 61.5 Å². The van der Waals surface area contributed by atoms with Gasteiger partial charge < -0.3 is 15.2 Å². The first-order chi connectivity index (χ1) is 8.96. The number of carbonyl (C=O) groups excluding carboxylic acids is 1. The maximum absolute atomic E-state index is 12.5. The fourth-order valence-electron chi connectivity index (χ4n) is 2.13. The molecule has 0 aromatic heterocycles. The van der Waals surface area contributed by atoms with Gasteiger partial charge in [0.25, 0.3) is 0 Å². The van der Waals surface area contributed by atoms with Crippen molar-refractivity contribution in [1.82, 2.24) is 0 Å². The quantitative estimate of drug-likeness (QED) is 0.802. The highest BCUT2D eigenvalue weighted by atomic mass is 16.5. The highest BCUT2D eigenvalue weighted by molar-refractivity contribution is 6.00. The van der Waals surface area contributed by atoms with Gasteiger partial charge in [0, 0.05) is 18.0 Å². The van der Waals surface area contributed by atoms with Crippen LogP contribution in [0.4, 0.5) is 0 Å². The summed E-state index contributed by atoms with van der Waals surface area (Å²) in [5.74, 6) is 1.30. The normalized spacial score (nSPS) is 12.4. The van der Waals surface area contributed by atoms with Crippen LogP contribution < -0.4 is 15.2 Å². The molecule has 0 aliphatic carbocycles. The Labute approximate surface area is 114 Å². The number of carbonyl (C=O) groups is 1. The maximum Gasteiger partial charge on any atom is 0.167 e. The molecule has 0 heterocycles. The van der Waals surface area contributed by atoms with Crippen molar-refractivity contribution in [3.8, 4) is 11.5 Å². The third-order valence-corrected chi connectivity index (χ3v) is 3.39. The first-order valence-electron chi connectivity index (χ1n) is 6.43. The summed E-state index contributed by atoms with van der Waals surface area (Å²) in [5.41, 5.74) is 7.24. The molecule has 0 aliphatic rings. The lowest BCUT2D eigenvalue weighted by atomic mass is 9.86. The zero-order chi connectivity index (χ0) is 14.6. The van der Waals surface area contributed by atoms with Crippen molar-refractivity contribution in [1.29, 1.82) is 0 Å². The number of hydrogen-bond acceptors (Lipinski definition) is 4. The van der Waals surface area contributed by atoms with E-state index in [0.717, 1.165) is 5.56 Å². The summed E-state index contributed by atoms with van der Waals surface area (Å²) in [6, 6.07) is 3.56. The Morgan fingerprint density at radius 2 is 1.74 bits per heavy atom. The van der Waals surface area contributed by atoms with Crippen LogP contribution in [0.5, 0.6) is 11.5 Å². The lowest BCUT2D eigenvalue weighted by molar-refractivity contribution is 0.0891. The third kappa shape index (κ3) is 3.26. The van der Waals surface area contributed by atoms with Gasteiger partial charge in [-0.1, -0.05) is 13.8 Å². The van der Waals surface area contributed by atoms with Crippen LogP contribution in [0.1, 0.15) is 29.8 Å². The number of Topliss-reactive ketones (excluding diaryl/α,β-unsaturated/α-hetero) is 1. The van der Waals surface area contributed by atoms with Crippen LogP contribution in [0.2, 0.25) is 0 Å². The van der Waals surface area contributed by atoms with Crippen molar-refractivity contribution in [2.75, 3.05) is 20.8 Å². The summed E-state index contributed by atoms with van der Waals surface area (Å²) in [6.07, 6.45) is 0. The molecule has 4 nitrogen and oxygen atoms in total. The van der Waals surface area contributed by atoms with E-state index < -0.39 is 0 Å². The molecule has 19 heavy (non-hydrogen) atoms. The zero-order valence-corrected chi connectivity index (χ0v) is 12.3. The van der Waals surface area contributed by atoms with Crippen LogP contribution in [0.25, 0.3) is 0 Å². The van der Waals surface area contributed by atoms with Crippen molar-refractivity contribution < 1.29 is 14.3 Å². The highest BCUT2D eigenvalue weighted by Gasteiger charge is 2.24. The fourth-order valence-corrected chi connectivity index (χ4v) is 2.13. The van der Waals surface area contributed by atoms with Gasteiger partial charge in [-0.3, -0.25) is 4.79 Å². The molecule has 1 rings (SSSR count). The Morgan fingerprint density at radius 3 is 2.16 bits per heavy atom. The number of methoxy groups -OCH3 is 2. The molecule has 1 unspecified atom stereocenters. The summed E-state index contributed by atoms with van der Waals surface area (Å²) in [6.45, 7) is 6.25. The van der Waals surface area contributed by atoms with Crippen LogP contribution >= 0.6 is 0 Å². The Bertz CT molecular complexity index is 455. The Morgan fingerprint density at radius 1 is 1.21 bits per heavy atom. The Balaban J connectivity index is 3.23. The van der Waals surface area contributed by atoms with Crippen LogP contribution in [-0.4, -0.2) is 26.5 Å². The second-order valence-corrected chi connectivity index (χ2v) is 4.97. The van der Waals surface area contributed by atoms with E-state index in [4.69, 9.17) is 15.2 Å². The molecule has 0 bridgehead atoms. The van der Waals surface area contributed by atoms with Crippen molar-refractivity contribution in [2.24, 2.45) is 17.6 Å². The Hall–Kier alpha value is -1.55. The molecular weight excluding hydrogens is 242 g/mol. The van der Waals surface area contributed by atoms with Crippen molar-refractivity contribution >= 4 is 5.78 Å². The van der Waals surface area contributed by atoms with Crippen LogP contribution in [-0.2, 0) is 0 Å². The molecule has 1 aromatic carbocycles. The molecule has 106 valence electrons. The number of rotatable bonds is 6. The second-order valence-electron chi connectivity index (χ2n) is 4.97. The number of ether oxygens (including phenoxy) is 2. The summed E-state index contributed by atoms with van der Waals surface area (Å²) >= 11 is 0. The zero-order valence-electron chi connectivity index (χ0n) is 12.3. The lowest BCUT2D eigenvalue weighted by Crippen LogP contribution is -2.29. The average molecular weight is 265 g/mol. The van der Waals surface area contributed by atoms with Gasteiger partial charge in [0.05, 0.1) is 14.2 Å². The highest BCUT2D eigenvalue weighted by Crippen LogP contribution is 2.32. The minimum atomic E-state index is -0.170. The van der Waals surface area contributed by atoms with Crippen LogP contribution in [0.15, 0.2) is 12.1 Å². The van der Waals surface area contributed by atoms with E-state index in [9.17, 15) is 4.79 Å². The number of hydrogen-bond donors (Lipinski definition) is 1. The van der Waals surface area contributed by atoms with Gasteiger partial charge in [-0.2, -0.15) is 0 Å². The van der Waals surface area contributed by atoms with E-state index in [2.05, 4.69) is 0 Å². The van der Waals surface area contributed by atoms with E-state index in [1.54, 1.807) is 20.3 Å². The van der Waals surface area contributed by atoms with Crippen molar-refractivity contribution in [3.63, 3.8) is 0 Å².